The van der Waals surface area contributed by atoms with E-state index in [0.717, 1.165) is 19.5 Å². The van der Waals surface area contributed by atoms with Gasteiger partial charge in [0.25, 0.3) is 0 Å². The summed E-state index contributed by atoms with van der Waals surface area (Å²) in [7, 11) is 2.14. The van der Waals surface area contributed by atoms with Crippen LogP contribution in [0, 0.1) is 0 Å². The molecule has 2 rings (SSSR count). The van der Waals surface area contributed by atoms with Crippen LogP contribution >= 0.6 is 11.3 Å². The largest absolute Gasteiger partial charge is 0.296 e. The molecule has 0 saturated heterocycles. The highest BCUT2D eigenvalue weighted by Crippen LogP contribution is 2.13. The van der Waals surface area contributed by atoms with Gasteiger partial charge < -0.3 is 0 Å². The summed E-state index contributed by atoms with van der Waals surface area (Å²) in [5.74, 6) is 0. The highest BCUT2D eigenvalue weighted by molar-refractivity contribution is 7.09. The standard InChI is InChI=1S/C14H18N2S/c1-3-14-15-13(11-17-14)10-16(2)9-12-7-5-4-6-8-12/h4-8,11H,3,9-10H2,1-2H3. The van der Waals surface area contributed by atoms with E-state index < -0.39 is 0 Å². The molecular formula is C14H18N2S. The lowest BCUT2D eigenvalue weighted by atomic mass is 10.2. The summed E-state index contributed by atoms with van der Waals surface area (Å²) in [5, 5.41) is 3.40. The van der Waals surface area contributed by atoms with Gasteiger partial charge in [0.15, 0.2) is 0 Å². The van der Waals surface area contributed by atoms with Crippen LogP contribution in [0.5, 0.6) is 0 Å². The summed E-state index contributed by atoms with van der Waals surface area (Å²) >= 11 is 1.76. The van der Waals surface area contributed by atoms with Crippen LogP contribution in [0.3, 0.4) is 0 Å². The van der Waals surface area contributed by atoms with Crippen LogP contribution in [-0.4, -0.2) is 16.9 Å². The van der Waals surface area contributed by atoms with Gasteiger partial charge in [0.1, 0.15) is 0 Å². The van der Waals surface area contributed by atoms with Gasteiger partial charge in [0.05, 0.1) is 10.7 Å². The Kier molecular flexibility index (Phi) is 4.29. The lowest BCUT2D eigenvalue weighted by molar-refractivity contribution is 0.315. The van der Waals surface area contributed by atoms with E-state index in [9.17, 15) is 0 Å². The Balaban J connectivity index is 1.91. The number of aryl methyl sites for hydroxylation is 1. The van der Waals surface area contributed by atoms with Gasteiger partial charge >= 0.3 is 0 Å². The molecule has 0 N–H and O–H groups in total. The molecule has 0 fully saturated rings. The Bertz CT molecular complexity index is 450. The molecule has 1 aromatic heterocycles. The van der Waals surface area contributed by atoms with Crippen LogP contribution in [0.25, 0.3) is 0 Å². The summed E-state index contributed by atoms with van der Waals surface area (Å²) in [6.07, 6.45) is 1.03. The topological polar surface area (TPSA) is 16.1 Å². The number of benzene rings is 1. The van der Waals surface area contributed by atoms with E-state index in [4.69, 9.17) is 0 Å². The Morgan fingerprint density at radius 1 is 1.18 bits per heavy atom. The molecule has 1 aromatic carbocycles. The predicted octanol–water partition coefficient (Wildman–Crippen LogP) is 3.34. The highest BCUT2D eigenvalue weighted by Gasteiger charge is 2.05. The van der Waals surface area contributed by atoms with Gasteiger partial charge in [0, 0.05) is 18.5 Å². The van der Waals surface area contributed by atoms with Gasteiger partial charge in [-0.3, -0.25) is 4.90 Å². The maximum atomic E-state index is 4.59. The zero-order valence-corrected chi connectivity index (χ0v) is 11.2. The van der Waals surface area contributed by atoms with Crippen molar-refractivity contribution in [1.82, 2.24) is 9.88 Å². The van der Waals surface area contributed by atoms with Gasteiger partial charge in [-0.15, -0.1) is 11.3 Å². The molecule has 17 heavy (non-hydrogen) atoms. The number of hydrogen-bond acceptors (Lipinski definition) is 3. The predicted molar refractivity (Wildman–Crippen MR) is 73.1 cm³/mol. The molecule has 0 saturated carbocycles. The quantitative estimate of drug-likeness (QED) is 0.804. The number of aromatic nitrogens is 1. The monoisotopic (exact) mass is 246 g/mol. The van der Waals surface area contributed by atoms with Crippen LogP contribution in [0.2, 0.25) is 0 Å². The molecule has 0 spiro atoms. The Hall–Kier alpha value is -1.19. The summed E-state index contributed by atoms with van der Waals surface area (Å²) in [4.78, 5) is 6.88. The van der Waals surface area contributed by atoms with Gasteiger partial charge in [-0.1, -0.05) is 37.3 Å². The van der Waals surface area contributed by atoms with Crippen LogP contribution in [0.4, 0.5) is 0 Å². The molecule has 2 aromatic rings. The molecule has 0 amide bonds. The second-order valence-electron chi connectivity index (χ2n) is 4.24. The lowest BCUT2D eigenvalue weighted by Crippen LogP contribution is -2.17. The van der Waals surface area contributed by atoms with Crippen LogP contribution in [-0.2, 0) is 19.5 Å². The molecule has 0 bridgehead atoms. The minimum atomic E-state index is 0.922. The van der Waals surface area contributed by atoms with E-state index in [1.54, 1.807) is 11.3 Å². The molecule has 0 aliphatic rings. The van der Waals surface area contributed by atoms with Crippen LogP contribution < -0.4 is 0 Å². The summed E-state index contributed by atoms with van der Waals surface area (Å²) in [5.41, 5.74) is 2.53. The van der Waals surface area contributed by atoms with E-state index >= 15 is 0 Å². The van der Waals surface area contributed by atoms with Crippen molar-refractivity contribution >= 4 is 11.3 Å². The van der Waals surface area contributed by atoms with Crippen molar-refractivity contribution in [1.29, 1.82) is 0 Å². The van der Waals surface area contributed by atoms with Crippen LogP contribution in [0.15, 0.2) is 35.7 Å². The molecule has 2 nitrogen and oxygen atoms in total. The van der Waals surface area contributed by atoms with Gasteiger partial charge in [0.2, 0.25) is 0 Å². The fourth-order valence-electron chi connectivity index (χ4n) is 1.81. The number of hydrogen-bond donors (Lipinski definition) is 0. The summed E-state index contributed by atoms with van der Waals surface area (Å²) in [6, 6.07) is 10.5. The maximum Gasteiger partial charge on any atom is 0.0926 e. The first-order valence-corrected chi connectivity index (χ1v) is 6.81. The van der Waals surface area contributed by atoms with E-state index in [-0.39, 0.29) is 0 Å². The fourth-order valence-corrected chi connectivity index (χ4v) is 2.55. The zero-order valence-electron chi connectivity index (χ0n) is 10.4. The second-order valence-corrected chi connectivity index (χ2v) is 5.19. The molecule has 0 unspecified atom stereocenters. The molecule has 1 heterocycles. The molecule has 0 radical (unpaired) electrons. The molecule has 90 valence electrons. The molecule has 0 aliphatic carbocycles. The van der Waals surface area contributed by atoms with E-state index in [2.05, 4.69) is 59.6 Å². The highest BCUT2D eigenvalue weighted by atomic mass is 32.1. The minimum Gasteiger partial charge on any atom is -0.296 e. The van der Waals surface area contributed by atoms with E-state index in [1.165, 1.54) is 16.3 Å². The van der Waals surface area contributed by atoms with Crippen molar-refractivity contribution in [3.8, 4) is 0 Å². The maximum absolute atomic E-state index is 4.59. The third kappa shape index (κ3) is 3.65. The van der Waals surface area contributed by atoms with Gasteiger partial charge in [-0.2, -0.15) is 0 Å². The first kappa shape index (κ1) is 12.3. The SMILES string of the molecule is CCc1nc(CN(C)Cc2ccccc2)cs1. The van der Waals surface area contributed by atoms with E-state index in [0.29, 0.717) is 0 Å². The van der Waals surface area contributed by atoms with Crippen molar-refractivity contribution in [2.45, 2.75) is 26.4 Å². The smallest absolute Gasteiger partial charge is 0.0926 e. The number of nitrogens with zero attached hydrogens (tertiary/aromatic N) is 2. The molecule has 3 heteroatoms. The van der Waals surface area contributed by atoms with E-state index in [1.807, 2.05) is 0 Å². The Morgan fingerprint density at radius 2 is 1.94 bits per heavy atom. The van der Waals surface area contributed by atoms with Crippen molar-refractivity contribution in [2.75, 3.05) is 7.05 Å². The molecule has 0 atom stereocenters. The lowest BCUT2D eigenvalue weighted by Gasteiger charge is -2.15. The number of thiazole rings is 1. The van der Waals surface area contributed by atoms with Crippen LogP contribution in [0.1, 0.15) is 23.2 Å². The Labute approximate surface area is 107 Å². The minimum absolute atomic E-state index is 0.922. The third-order valence-corrected chi connectivity index (χ3v) is 3.67. The van der Waals surface area contributed by atoms with Gasteiger partial charge in [-0.25, -0.2) is 4.98 Å². The average Bonchev–Trinajstić information content (AvgIpc) is 2.78. The fraction of sp³-hybridized carbons (Fsp3) is 0.357. The van der Waals surface area contributed by atoms with Crippen molar-refractivity contribution in [3.63, 3.8) is 0 Å². The second kappa shape index (κ2) is 5.94. The van der Waals surface area contributed by atoms with Gasteiger partial charge in [-0.05, 0) is 19.0 Å². The van der Waals surface area contributed by atoms with Crippen molar-refractivity contribution < 1.29 is 0 Å². The van der Waals surface area contributed by atoms with Crippen molar-refractivity contribution in [3.05, 3.63) is 52.0 Å². The first-order chi connectivity index (χ1) is 8.28. The third-order valence-electron chi connectivity index (χ3n) is 2.63. The number of rotatable bonds is 5. The average molecular weight is 246 g/mol. The summed E-state index contributed by atoms with van der Waals surface area (Å²) < 4.78 is 0. The summed E-state index contributed by atoms with van der Waals surface area (Å²) in [6.45, 7) is 4.04. The molecular weight excluding hydrogens is 228 g/mol. The zero-order chi connectivity index (χ0) is 12.1. The normalized spacial score (nSPS) is 11.0. The van der Waals surface area contributed by atoms with Crippen molar-refractivity contribution in [2.24, 2.45) is 0 Å². The Morgan fingerprint density at radius 3 is 2.59 bits per heavy atom. The first-order valence-electron chi connectivity index (χ1n) is 5.93. The molecule has 0 aliphatic heterocycles.